The molecule has 1 aliphatic rings. The monoisotopic (exact) mass is 237 g/mol. The van der Waals surface area contributed by atoms with Crippen molar-refractivity contribution in [3.8, 4) is 0 Å². The Hall–Kier alpha value is -1.62. The highest BCUT2D eigenvalue weighted by Gasteiger charge is 2.29. The van der Waals surface area contributed by atoms with Crippen molar-refractivity contribution >= 4 is 6.03 Å². The van der Waals surface area contributed by atoms with Gasteiger partial charge in [0.25, 0.3) is 0 Å². The van der Waals surface area contributed by atoms with Crippen LogP contribution in [-0.4, -0.2) is 30.6 Å². The number of urea groups is 1. The van der Waals surface area contributed by atoms with Gasteiger partial charge >= 0.3 is 6.03 Å². The number of hydrogen-bond donors (Lipinski definition) is 2. The van der Waals surface area contributed by atoms with Crippen molar-refractivity contribution in [1.29, 1.82) is 0 Å². The van der Waals surface area contributed by atoms with Crippen molar-refractivity contribution in [2.45, 2.75) is 12.5 Å². The third-order valence-electron chi connectivity index (χ3n) is 2.97. The third-order valence-corrected chi connectivity index (χ3v) is 2.97. The summed E-state index contributed by atoms with van der Waals surface area (Å²) in [7, 11) is 0. The molecule has 0 spiro atoms. The summed E-state index contributed by atoms with van der Waals surface area (Å²) in [5.41, 5.74) is 6.05. The van der Waals surface area contributed by atoms with Crippen LogP contribution in [0.1, 0.15) is 18.0 Å². The molecule has 3 N–H and O–H groups in total. The minimum atomic E-state index is -0.269. The Labute approximate surface area is 99.6 Å². The molecular formula is C12H16FN3O. The lowest BCUT2D eigenvalue weighted by molar-refractivity contribution is 0.155. The summed E-state index contributed by atoms with van der Waals surface area (Å²) in [6, 6.07) is 6.19. The molecule has 2 amide bonds. The molecule has 0 saturated carbocycles. The molecule has 17 heavy (non-hydrogen) atoms. The first-order valence-corrected chi connectivity index (χ1v) is 5.73. The average molecular weight is 237 g/mol. The van der Waals surface area contributed by atoms with Crippen molar-refractivity contribution in [2.24, 2.45) is 5.73 Å². The van der Waals surface area contributed by atoms with E-state index < -0.39 is 0 Å². The summed E-state index contributed by atoms with van der Waals surface area (Å²) in [6.07, 6.45) is 0.701. The number of hydrogen-bond acceptors (Lipinski definition) is 2. The Kier molecular flexibility index (Phi) is 3.58. The predicted octanol–water partition coefficient (Wildman–Crippen LogP) is 1.24. The zero-order valence-corrected chi connectivity index (χ0v) is 9.53. The largest absolute Gasteiger partial charge is 0.338 e. The van der Waals surface area contributed by atoms with Gasteiger partial charge in [0.15, 0.2) is 0 Å². The molecule has 1 saturated heterocycles. The molecule has 0 aromatic heterocycles. The van der Waals surface area contributed by atoms with Crippen molar-refractivity contribution < 1.29 is 9.18 Å². The number of halogens is 1. The van der Waals surface area contributed by atoms with Gasteiger partial charge in [-0.15, -0.1) is 0 Å². The van der Waals surface area contributed by atoms with E-state index >= 15 is 0 Å². The Morgan fingerprint density at radius 3 is 2.94 bits per heavy atom. The Balaban J connectivity index is 2.28. The van der Waals surface area contributed by atoms with Crippen LogP contribution in [0.4, 0.5) is 9.18 Å². The molecule has 1 aromatic carbocycles. The molecule has 1 aliphatic heterocycles. The van der Waals surface area contributed by atoms with Crippen LogP contribution in [0.5, 0.6) is 0 Å². The third kappa shape index (κ3) is 2.39. The Morgan fingerprint density at radius 1 is 1.47 bits per heavy atom. The minimum Gasteiger partial charge on any atom is -0.338 e. The minimum absolute atomic E-state index is 0.171. The highest BCUT2D eigenvalue weighted by molar-refractivity contribution is 5.75. The molecule has 0 aliphatic carbocycles. The van der Waals surface area contributed by atoms with E-state index in [0.29, 0.717) is 31.6 Å². The van der Waals surface area contributed by atoms with E-state index in [9.17, 15) is 9.18 Å². The van der Waals surface area contributed by atoms with Crippen molar-refractivity contribution in [3.05, 3.63) is 35.6 Å². The second-order valence-corrected chi connectivity index (χ2v) is 4.04. The maximum atomic E-state index is 13.7. The maximum Gasteiger partial charge on any atom is 0.317 e. The molecule has 0 bridgehead atoms. The van der Waals surface area contributed by atoms with E-state index in [1.165, 1.54) is 6.07 Å². The fourth-order valence-electron chi connectivity index (χ4n) is 2.18. The molecule has 1 aromatic rings. The van der Waals surface area contributed by atoms with Gasteiger partial charge in [-0.05, 0) is 12.5 Å². The number of nitrogens with zero attached hydrogens (tertiary/aromatic N) is 1. The number of carbonyl (C=O) groups is 1. The summed E-state index contributed by atoms with van der Waals surface area (Å²) in [5, 5.41) is 2.75. The lowest BCUT2D eigenvalue weighted by Gasteiger charge is -2.36. The zero-order valence-electron chi connectivity index (χ0n) is 9.53. The van der Waals surface area contributed by atoms with Crippen molar-refractivity contribution in [3.63, 3.8) is 0 Å². The fourth-order valence-corrected chi connectivity index (χ4v) is 2.18. The van der Waals surface area contributed by atoms with Crippen molar-refractivity contribution in [2.75, 3.05) is 19.6 Å². The Bertz CT molecular complexity index is 410. The topological polar surface area (TPSA) is 58.4 Å². The Morgan fingerprint density at radius 2 is 2.24 bits per heavy atom. The van der Waals surface area contributed by atoms with E-state index in [-0.39, 0.29) is 17.9 Å². The van der Waals surface area contributed by atoms with Crippen molar-refractivity contribution in [1.82, 2.24) is 10.2 Å². The molecule has 1 heterocycles. The SMILES string of the molecule is NCCN1C(=O)NCCC1c1ccccc1F. The van der Waals surface area contributed by atoms with Gasteiger partial charge in [-0.3, -0.25) is 0 Å². The van der Waals surface area contributed by atoms with E-state index in [0.717, 1.165) is 0 Å². The fraction of sp³-hybridized carbons (Fsp3) is 0.417. The smallest absolute Gasteiger partial charge is 0.317 e. The number of nitrogens with one attached hydrogen (secondary N) is 1. The summed E-state index contributed by atoms with van der Waals surface area (Å²) >= 11 is 0. The van der Waals surface area contributed by atoms with E-state index in [1.807, 2.05) is 0 Å². The van der Waals surface area contributed by atoms with Gasteiger partial charge < -0.3 is 16.0 Å². The van der Waals surface area contributed by atoms with Gasteiger partial charge in [0.2, 0.25) is 0 Å². The molecule has 4 nitrogen and oxygen atoms in total. The van der Waals surface area contributed by atoms with E-state index in [4.69, 9.17) is 5.73 Å². The normalized spacial score (nSPS) is 20.2. The van der Waals surface area contributed by atoms with Gasteiger partial charge in [0.1, 0.15) is 5.82 Å². The van der Waals surface area contributed by atoms with Gasteiger partial charge in [0, 0.05) is 25.2 Å². The van der Waals surface area contributed by atoms with E-state index in [2.05, 4.69) is 5.32 Å². The van der Waals surface area contributed by atoms with Crippen LogP contribution in [0.2, 0.25) is 0 Å². The van der Waals surface area contributed by atoms with Crippen LogP contribution in [0.3, 0.4) is 0 Å². The highest BCUT2D eigenvalue weighted by Crippen LogP contribution is 2.28. The maximum absolute atomic E-state index is 13.7. The summed E-state index contributed by atoms with van der Waals surface area (Å²) in [6.45, 7) is 1.38. The molecule has 1 fully saturated rings. The second kappa shape index (κ2) is 5.14. The number of carbonyl (C=O) groups excluding carboxylic acids is 1. The van der Waals surface area contributed by atoms with Gasteiger partial charge in [-0.25, -0.2) is 9.18 Å². The highest BCUT2D eigenvalue weighted by atomic mass is 19.1. The van der Waals surface area contributed by atoms with Crippen LogP contribution in [-0.2, 0) is 0 Å². The molecule has 5 heteroatoms. The summed E-state index contributed by atoms with van der Waals surface area (Å²) < 4.78 is 13.7. The molecule has 1 atom stereocenters. The van der Waals surface area contributed by atoms with Crippen LogP contribution < -0.4 is 11.1 Å². The first-order valence-electron chi connectivity index (χ1n) is 5.73. The van der Waals surface area contributed by atoms with Crippen LogP contribution in [0, 0.1) is 5.82 Å². The lowest BCUT2D eigenvalue weighted by atomic mass is 10.00. The number of rotatable bonds is 3. The van der Waals surface area contributed by atoms with Gasteiger partial charge in [-0.1, -0.05) is 18.2 Å². The van der Waals surface area contributed by atoms with Crippen LogP contribution >= 0.6 is 0 Å². The lowest BCUT2D eigenvalue weighted by Crippen LogP contribution is -2.50. The van der Waals surface area contributed by atoms with Gasteiger partial charge in [-0.2, -0.15) is 0 Å². The number of amides is 2. The molecule has 1 unspecified atom stereocenters. The first-order chi connectivity index (χ1) is 8.24. The molecule has 2 rings (SSSR count). The molecule has 0 radical (unpaired) electrons. The second-order valence-electron chi connectivity index (χ2n) is 4.04. The van der Waals surface area contributed by atoms with E-state index in [1.54, 1.807) is 23.1 Å². The predicted molar refractivity (Wildman–Crippen MR) is 62.9 cm³/mol. The van der Waals surface area contributed by atoms with Crippen LogP contribution in [0.15, 0.2) is 24.3 Å². The van der Waals surface area contributed by atoms with Crippen LogP contribution in [0.25, 0.3) is 0 Å². The van der Waals surface area contributed by atoms with Gasteiger partial charge in [0.05, 0.1) is 6.04 Å². The number of benzene rings is 1. The standard InChI is InChI=1S/C12H16FN3O/c13-10-4-2-1-3-9(10)11-5-7-15-12(17)16(11)8-6-14/h1-4,11H,5-8,14H2,(H,15,17). The summed E-state index contributed by atoms with van der Waals surface area (Å²) in [4.78, 5) is 13.3. The summed E-state index contributed by atoms with van der Waals surface area (Å²) in [5.74, 6) is -0.269. The first kappa shape index (κ1) is 11.9. The number of nitrogens with two attached hydrogens (primary N) is 1. The molecule has 92 valence electrons. The zero-order chi connectivity index (χ0) is 12.3. The average Bonchev–Trinajstić information content (AvgIpc) is 2.33. The molecular weight excluding hydrogens is 221 g/mol. The quantitative estimate of drug-likeness (QED) is 0.831.